The largest absolute Gasteiger partial charge is 0.343 e. The topological polar surface area (TPSA) is 35.5 Å². The maximum absolute atomic E-state index is 14.3. The van der Waals surface area contributed by atoms with Crippen LogP contribution in [0.15, 0.2) is 73.3 Å². The summed E-state index contributed by atoms with van der Waals surface area (Å²) in [5.41, 5.74) is 0. The van der Waals surface area contributed by atoms with Crippen LogP contribution in [0.4, 0.5) is 0 Å². The van der Waals surface area contributed by atoms with Gasteiger partial charge in [-0.2, -0.15) is 0 Å². The summed E-state index contributed by atoms with van der Waals surface area (Å²) >= 11 is 0. The monoisotopic (exact) mass is 342 g/mol. The van der Waals surface area contributed by atoms with Gasteiger partial charge in [0.2, 0.25) is 0 Å². The molecule has 24 heavy (non-hydrogen) atoms. The second kappa shape index (κ2) is 6.68. The number of hydrogen-bond donors (Lipinski definition) is 0. The zero-order valence-corrected chi connectivity index (χ0v) is 15.0. The minimum atomic E-state index is -2.98. The third-order valence-electron chi connectivity index (χ3n) is 4.24. The summed E-state index contributed by atoms with van der Waals surface area (Å²) in [6.45, 7) is 7.56. The molecule has 0 aliphatic carbocycles. The van der Waals surface area contributed by atoms with Gasteiger partial charge in [-0.3, -0.25) is 0 Å². The van der Waals surface area contributed by atoms with Crippen LogP contribution < -0.4 is 10.6 Å². The molecule has 1 aliphatic rings. The van der Waals surface area contributed by atoms with Gasteiger partial charge in [0.05, 0.1) is 6.10 Å². The molecular weight excluding hydrogens is 319 g/mol. The lowest BCUT2D eigenvalue weighted by molar-refractivity contribution is -0.273. The Morgan fingerprint density at radius 2 is 1.50 bits per heavy atom. The molecule has 2 atom stereocenters. The van der Waals surface area contributed by atoms with Gasteiger partial charge < -0.3 is 14.0 Å². The van der Waals surface area contributed by atoms with Crippen LogP contribution >= 0.6 is 7.14 Å². The van der Waals surface area contributed by atoms with Gasteiger partial charge in [0.25, 0.3) is 0 Å². The van der Waals surface area contributed by atoms with E-state index in [0.29, 0.717) is 6.42 Å². The predicted molar refractivity (Wildman–Crippen MR) is 98.4 cm³/mol. The highest BCUT2D eigenvalue weighted by Gasteiger charge is 2.45. The van der Waals surface area contributed by atoms with Crippen LogP contribution in [0.25, 0.3) is 0 Å². The SMILES string of the molecule is C=C[C@@H]1CC(P(=O)(c2ccccc2)c2ccccc2)OC(C)(C)O1. The first-order valence-electron chi connectivity index (χ1n) is 8.15. The molecule has 1 aliphatic heterocycles. The fourth-order valence-corrected chi connectivity index (χ4v) is 6.26. The Labute approximate surface area is 143 Å². The Morgan fingerprint density at radius 1 is 1.00 bits per heavy atom. The van der Waals surface area contributed by atoms with Crippen LogP contribution in [0.5, 0.6) is 0 Å². The summed E-state index contributed by atoms with van der Waals surface area (Å²) in [5, 5.41) is 1.61. The Hall–Kier alpha value is -1.67. The van der Waals surface area contributed by atoms with Gasteiger partial charge >= 0.3 is 0 Å². The third kappa shape index (κ3) is 3.25. The third-order valence-corrected chi connectivity index (χ3v) is 7.49. The first-order valence-corrected chi connectivity index (χ1v) is 9.92. The summed E-state index contributed by atoms with van der Waals surface area (Å²) < 4.78 is 26.3. The molecule has 4 heteroatoms. The summed E-state index contributed by atoms with van der Waals surface area (Å²) in [6.07, 6.45) is 2.10. The van der Waals surface area contributed by atoms with Crippen molar-refractivity contribution >= 4 is 17.8 Å². The smallest absolute Gasteiger partial charge is 0.170 e. The molecule has 0 spiro atoms. The summed E-state index contributed by atoms with van der Waals surface area (Å²) in [7, 11) is -2.98. The highest BCUT2D eigenvalue weighted by molar-refractivity contribution is 7.79. The summed E-state index contributed by atoms with van der Waals surface area (Å²) in [4.78, 5) is 0. The summed E-state index contributed by atoms with van der Waals surface area (Å²) in [5.74, 6) is -1.25. The minimum absolute atomic E-state index is 0.181. The van der Waals surface area contributed by atoms with Crippen molar-refractivity contribution in [2.45, 2.75) is 38.0 Å². The molecule has 0 amide bonds. The zero-order chi connectivity index (χ0) is 17.2. The molecule has 126 valence electrons. The van der Waals surface area contributed by atoms with E-state index in [2.05, 4.69) is 6.58 Å². The highest BCUT2D eigenvalue weighted by Crippen LogP contribution is 2.53. The average molecular weight is 342 g/mol. The van der Waals surface area contributed by atoms with E-state index in [0.717, 1.165) is 10.6 Å². The average Bonchev–Trinajstić information content (AvgIpc) is 2.61. The van der Waals surface area contributed by atoms with Gasteiger partial charge in [-0.05, 0) is 13.8 Å². The van der Waals surface area contributed by atoms with Gasteiger partial charge in [0, 0.05) is 17.0 Å². The van der Waals surface area contributed by atoms with Crippen LogP contribution in [0, 0.1) is 0 Å². The maximum Gasteiger partial charge on any atom is 0.170 e. The van der Waals surface area contributed by atoms with Gasteiger partial charge in [-0.1, -0.05) is 66.7 Å². The van der Waals surface area contributed by atoms with E-state index in [1.54, 1.807) is 6.08 Å². The standard InChI is InChI=1S/C20H23O3P/c1-4-16-15-19(23-20(2,3)22-16)24(21,17-11-7-5-8-12-17)18-13-9-6-10-14-18/h4-14,16,19H,1,15H2,2-3H3/t16-,19?/m1/s1. The Bertz CT molecular complexity index is 696. The normalized spacial score (nSPS) is 23.6. The maximum atomic E-state index is 14.3. The molecule has 0 radical (unpaired) electrons. The van der Waals surface area contributed by atoms with E-state index in [1.807, 2.05) is 74.5 Å². The molecule has 1 unspecified atom stereocenters. The molecule has 3 nitrogen and oxygen atoms in total. The Balaban J connectivity index is 2.12. The van der Waals surface area contributed by atoms with E-state index < -0.39 is 18.8 Å². The number of ether oxygens (including phenoxy) is 2. The van der Waals surface area contributed by atoms with E-state index in [1.165, 1.54) is 0 Å². The van der Waals surface area contributed by atoms with E-state index in [4.69, 9.17) is 9.47 Å². The van der Waals surface area contributed by atoms with Crippen molar-refractivity contribution in [3.63, 3.8) is 0 Å². The van der Waals surface area contributed by atoms with Crippen molar-refractivity contribution in [3.05, 3.63) is 73.3 Å². The molecule has 1 fully saturated rings. The fraction of sp³-hybridized carbons (Fsp3) is 0.300. The van der Waals surface area contributed by atoms with Gasteiger partial charge in [-0.25, -0.2) is 0 Å². The van der Waals surface area contributed by atoms with Crippen molar-refractivity contribution in [2.75, 3.05) is 0 Å². The van der Waals surface area contributed by atoms with Crippen LogP contribution in [-0.4, -0.2) is 17.7 Å². The fourth-order valence-electron chi connectivity index (χ4n) is 3.16. The van der Waals surface area contributed by atoms with Gasteiger partial charge in [0.1, 0.15) is 5.85 Å². The first kappa shape index (κ1) is 17.2. The summed E-state index contributed by atoms with van der Waals surface area (Å²) in [6, 6.07) is 19.2. The first-order chi connectivity index (χ1) is 11.5. The second-order valence-corrected chi connectivity index (χ2v) is 9.35. The van der Waals surface area contributed by atoms with E-state index >= 15 is 0 Å². The quantitative estimate of drug-likeness (QED) is 0.621. The molecule has 3 rings (SSSR count). The molecule has 2 aromatic carbocycles. The molecule has 0 bridgehead atoms. The lowest BCUT2D eigenvalue weighted by Gasteiger charge is -2.42. The Kier molecular flexibility index (Phi) is 4.78. The van der Waals surface area contributed by atoms with Crippen LogP contribution in [0.2, 0.25) is 0 Å². The number of benzene rings is 2. The van der Waals surface area contributed by atoms with E-state index in [9.17, 15) is 4.57 Å². The molecule has 0 aromatic heterocycles. The molecular formula is C20H23O3P. The second-order valence-electron chi connectivity index (χ2n) is 6.43. The number of hydrogen-bond acceptors (Lipinski definition) is 3. The van der Waals surface area contributed by atoms with Gasteiger partial charge in [0.15, 0.2) is 12.9 Å². The molecule has 0 N–H and O–H groups in total. The zero-order valence-electron chi connectivity index (χ0n) is 14.1. The molecule has 1 saturated heterocycles. The van der Waals surface area contributed by atoms with Crippen molar-refractivity contribution in [1.82, 2.24) is 0 Å². The minimum Gasteiger partial charge on any atom is -0.343 e. The van der Waals surface area contributed by atoms with Crippen molar-refractivity contribution in [3.8, 4) is 0 Å². The Morgan fingerprint density at radius 3 is 1.96 bits per heavy atom. The number of rotatable bonds is 4. The van der Waals surface area contributed by atoms with E-state index in [-0.39, 0.29) is 6.10 Å². The van der Waals surface area contributed by atoms with Crippen LogP contribution in [0.1, 0.15) is 20.3 Å². The molecule has 0 saturated carbocycles. The lowest BCUT2D eigenvalue weighted by Crippen LogP contribution is -2.46. The lowest BCUT2D eigenvalue weighted by atomic mass is 10.2. The van der Waals surface area contributed by atoms with Crippen LogP contribution in [0.3, 0.4) is 0 Å². The van der Waals surface area contributed by atoms with Crippen molar-refractivity contribution in [2.24, 2.45) is 0 Å². The molecule has 1 heterocycles. The van der Waals surface area contributed by atoms with Crippen molar-refractivity contribution in [1.29, 1.82) is 0 Å². The van der Waals surface area contributed by atoms with Crippen molar-refractivity contribution < 1.29 is 14.0 Å². The van der Waals surface area contributed by atoms with Crippen LogP contribution in [-0.2, 0) is 14.0 Å². The highest BCUT2D eigenvalue weighted by atomic mass is 31.2. The van der Waals surface area contributed by atoms with Gasteiger partial charge in [-0.15, -0.1) is 6.58 Å². The predicted octanol–water partition coefficient (Wildman–Crippen LogP) is 4.05. The molecule has 2 aromatic rings.